The van der Waals surface area contributed by atoms with Crippen LogP contribution in [0, 0.1) is 0 Å². The third-order valence-corrected chi connectivity index (χ3v) is 3.68. The van der Waals surface area contributed by atoms with E-state index in [1.54, 1.807) is 0 Å². The second-order valence-electron chi connectivity index (χ2n) is 5.23. The number of benzene rings is 1. The molecule has 0 bridgehead atoms. The normalized spacial score (nSPS) is 20.9. The van der Waals surface area contributed by atoms with Gasteiger partial charge in [0.25, 0.3) is 0 Å². The maximum atomic E-state index is 11.9. The minimum atomic E-state index is -0.0842. The van der Waals surface area contributed by atoms with Crippen molar-refractivity contribution in [3.63, 3.8) is 0 Å². The van der Waals surface area contributed by atoms with Crippen molar-refractivity contribution in [3.05, 3.63) is 29.8 Å². The topological polar surface area (TPSA) is 50.4 Å². The Morgan fingerprint density at radius 1 is 1.35 bits per heavy atom. The lowest BCUT2D eigenvalue weighted by Gasteiger charge is -2.21. The molecule has 1 aliphatic rings. The largest absolute Gasteiger partial charge is 0.494 e. The summed E-state index contributed by atoms with van der Waals surface area (Å²) in [5.74, 6) is 1.01. The average molecular weight is 276 g/mol. The fourth-order valence-corrected chi connectivity index (χ4v) is 2.52. The van der Waals surface area contributed by atoms with Gasteiger partial charge in [0.05, 0.1) is 12.6 Å². The van der Waals surface area contributed by atoms with E-state index in [-0.39, 0.29) is 18.0 Å². The molecule has 4 heteroatoms. The minimum absolute atomic E-state index is 0.0842. The number of hydrogen-bond donors (Lipinski definition) is 2. The quantitative estimate of drug-likeness (QED) is 0.868. The van der Waals surface area contributed by atoms with Crippen molar-refractivity contribution in [1.82, 2.24) is 10.6 Å². The van der Waals surface area contributed by atoms with E-state index in [1.807, 2.05) is 19.1 Å². The highest BCUT2D eigenvalue weighted by Gasteiger charge is 2.22. The monoisotopic (exact) mass is 276 g/mol. The number of carbonyl (C=O) groups is 1. The van der Waals surface area contributed by atoms with Gasteiger partial charge in [-0.3, -0.25) is 10.1 Å². The molecule has 1 saturated heterocycles. The number of carbonyl (C=O) groups excluding carboxylic acids is 1. The van der Waals surface area contributed by atoms with Crippen LogP contribution in [0.4, 0.5) is 0 Å². The molecule has 4 nitrogen and oxygen atoms in total. The van der Waals surface area contributed by atoms with Gasteiger partial charge in [-0.1, -0.05) is 12.1 Å². The number of ether oxygens (including phenoxy) is 1. The summed E-state index contributed by atoms with van der Waals surface area (Å²) in [5, 5.41) is 6.38. The molecule has 0 saturated carbocycles. The van der Waals surface area contributed by atoms with E-state index in [9.17, 15) is 4.79 Å². The Morgan fingerprint density at radius 2 is 2.10 bits per heavy atom. The summed E-state index contributed by atoms with van der Waals surface area (Å²) in [5.41, 5.74) is 1.17. The fraction of sp³-hybridized carbons (Fsp3) is 0.562. The van der Waals surface area contributed by atoms with Gasteiger partial charge in [0, 0.05) is 12.6 Å². The molecule has 2 atom stereocenters. The van der Waals surface area contributed by atoms with Gasteiger partial charge in [-0.2, -0.15) is 0 Å². The Hall–Kier alpha value is -1.55. The summed E-state index contributed by atoms with van der Waals surface area (Å²) in [6, 6.07) is 8.13. The Balaban J connectivity index is 1.96. The second-order valence-corrected chi connectivity index (χ2v) is 5.23. The van der Waals surface area contributed by atoms with E-state index >= 15 is 0 Å². The lowest BCUT2D eigenvalue weighted by Crippen LogP contribution is -2.43. The summed E-state index contributed by atoms with van der Waals surface area (Å²) in [6.07, 6.45) is 3.07. The van der Waals surface area contributed by atoms with Crippen molar-refractivity contribution in [3.8, 4) is 5.75 Å². The lowest BCUT2D eigenvalue weighted by atomic mass is 10.0. The van der Waals surface area contributed by atoms with Crippen LogP contribution in [-0.2, 0) is 4.79 Å². The molecule has 1 amide bonds. The summed E-state index contributed by atoms with van der Waals surface area (Å²) in [7, 11) is 0. The standard InChI is InChI=1S/C16H24N2O2/c1-3-20-14-9-7-13(8-10-14)12(2)18-15-6-4-5-11-17-16(15)19/h7-10,12,15,18H,3-6,11H2,1-2H3,(H,17,19). The molecule has 1 fully saturated rings. The molecule has 0 radical (unpaired) electrons. The van der Waals surface area contributed by atoms with Crippen LogP contribution in [0.1, 0.15) is 44.7 Å². The third kappa shape index (κ3) is 3.97. The first-order valence-electron chi connectivity index (χ1n) is 7.47. The van der Waals surface area contributed by atoms with Gasteiger partial charge >= 0.3 is 0 Å². The van der Waals surface area contributed by atoms with Gasteiger partial charge in [0.15, 0.2) is 0 Å². The van der Waals surface area contributed by atoms with Crippen molar-refractivity contribution < 1.29 is 9.53 Å². The van der Waals surface area contributed by atoms with E-state index in [4.69, 9.17) is 4.74 Å². The summed E-state index contributed by atoms with van der Waals surface area (Å²) in [6.45, 7) is 5.54. The van der Waals surface area contributed by atoms with Gasteiger partial charge in [-0.25, -0.2) is 0 Å². The van der Waals surface area contributed by atoms with E-state index in [2.05, 4.69) is 29.7 Å². The van der Waals surface area contributed by atoms with Crippen molar-refractivity contribution in [1.29, 1.82) is 0 Å². The maximum Gasteiger partial charge on any atom is 0.237 e. The summed E-state index contributed by atoms with van der Waals surface area (Å²) < 4.78 is 5.44. The zero-order chi connectivity index (χ0) is 14.4. The molecule has 1 heterocycles. The Morgan fingerprint density at radius 3 is 2.80 bits per heavy atom. The molecule has 2 rings (SSSR count). The number of rotatable bonds is 5. The predicted octanol–water partition coefficient (Wildman–Crippen LogP) is 2.40. The van der Waals surface area contributed by atoms with Gasteiger partial charge in [0.2, 0.25) is 5.91 Å². The Kier molecular flexibility index (Phi) is 5.41. The molecule has 2 unspecified atom stereocenters. The summed E-state index contributed by atoms with van der Waals surface area (Å²) in [4.78, 5) is 11.9. The van der Waals surface area contributed by atoms with Gasteiger partial charge < -0.3 is 10.1 Å². The van der Waals surface area contributed by atoms with Crippen molar-refractivity contribution in [2.75, 3.05) is 13.2 Å². The molecule has 1 aliphatic heterocycles. The Bertz CT molecular complexity index is 431. The highest BCUT2D eigenvalue weighted by Crippen LogP contribution is 2.19. The second kappa shape index (κ2) is 7.29. The first-order valence-corrected chi connectivity index (χ1v) is 7.47. The SMILES string of the molecule is CCOc1ccc(C(C)NC2CCCCNC2=O)cc1. The number of hydrogen-bond acceptors (Lipinski definition) is 3. The summed E-state index contributed by atoms with van der Waals surface area (Å²) >= 11 is 0. The predicted molar refractivity (Wildman–Crippen MR) is 79.8 cm³/mol. The first kappa shape index (κ1) is 14.9. The molecule has 1 aromatic carbocycles. The van der Waals surface area contributed by atoms with E-state index in [1.165, 1.54) is 5.56 Å². The lowest BCUT2D eigenvalue weighted by molar-refractivity contribution is -0.123. The molecule has 20 heavy (non-hydrogen) atoms. The van der Waals surface area contributed by atoms with Crippen LogP contribution >= 0.6 is 0 Å². The molecule has 110 valence electrons. The van der Waals surface area contributed by atoms with Crippen LogP contribution in [0.3, 0.4) is 0 Å². The van der Waals surface area contributed by atoms with E-state index in [0.717, 1.165) is 31.6 Å². The van der Waals surface area contributed by atoms with Crippen molar-refractivity contribution in [2.45, 2.75) is 45.2 Å². The van der Waals surface area contributed by atoms with Crippen LogP contribution in [0.5, 0.6) is 5.75 Å². The zero-order valence-corrected chi connectivity index (χ0v) is 12.3. The first-order chi connectivity index (χ1) is 9.70. The van der Waals surface area contributed by atoms with Crippen LogP contribution in [0.2, 0.25) is 0 Å². The molecule has 0 aromatic heterocycles. The van der Waals surface area contributed by atoms with Crippen LogP contribution < -0.4 is 15.4 Å². The molecule has 0 aliphatic carbocycles. The molecular weight excluding hydrogens is 252 g/mol. The highest BCUT2D eigenvalue weighted by atomic mass is 16.5. The van der Waals surface area contributed by atoms with Gasteiger partial charge in [-0.15, -0.1) is 0 Å². The van der Waals surface area contributed by atoms with Gasteiger partial charge in [0.1, 0.15) is 5.75 Å². The van der Waals surface area contributed by atoms with Crippen molar-refractivity contribution >= 4 is 5.91 Å². The molecule has 1 aromatic rings. The Labute approximate surface area is 120 Å². The van der Waals surface area contributed by atoms with Crippen LogP contribution in [-0.4, -0.2) is 25.1 Å². The van der Waals surface area contributed by atoms with Crippen LogP contribution in [0.25, 0.3) is 0 Å². The minimum Gasteiger partial charge on any atom is -0.494 e. The maximum absolute atomic E-state index is 11.9. The smallest absolute Gasteiger partial charge is 0.237 e. The molecule has 2 N–H and O–H groups in total. The average Bonchev–Trinajstić information content (AvgIpc) is 2.65. The highest BCUT2D eigenvalue weighted by molar-refractivity contribution is 5.81. The fourth-order valence-electron chi connectivity index (χ4n) is 2.52. The van der Waals surface area contributed by atoms with E-state index < -0.39 is 0 Å². The van der Waals surface area contributed by atoms with Gasteiger partial charge in [-0.05, 0) is 50.8 Å². The third-order valence-electron chi connectivity index (χ3n) is 3.68. The van der Waals surface area contributed by atoms with Crippen molar-refractivity contribution in [2.24, 2.45) is 0 Å². The zero-order valence-electron chi connectivity index (χ0n) is 12.3. The molecule has 0 spiro atoms. The number of nitrogens with one attached hydrogen (secondary N) is 2. The molecular formula is C16H24N2O2. The van der Waals surface area contributed by atoms with Crippen LogP contribution in [0.15, 0.2) is 24.3 Å². The van der Waals surface area contributed by atoms with E-state index in [0.29, 0.717) is 6.61 Å². The number of amides is 1.